The van der Waals surface area contributed by atoms with E-state index < -0.39 is 11.9 Å². The summed E-state index contributed by atoms with van der Waals surface area (Å²) in [5.74, 6) is -0.823. The Kier molecular flexibility index (Phi) is 7.38. The van der Waals surface area contributed by atoms with Crippen LogP contribution in [-0.2, 0) is 19.1 Å². The lowest BCUT2D eigenvalue weighted by atomic mass is 9.86. The molecule has 1 saturated carbocycles. The second-order valence-electron chi connectivity index (χ2n) is 6.49. The predicted molar refractivity (Wildman–Crippen MR) is 97.3 cm³/mol. The van der Waals surface area contributed by atoms with Gasteiger partial charge in [-0.2, -0.15) is 0 Å². The van der Waals surface area contributed by atoms with Crippen molar-refractivity contribution in [2.45, 2.75) is 38.6 Å². The van der Waals surface area contributed by atoms with Crippen molar-refractivity contribution < 1.29 is 23.9 Å². The van der Waals surface area contributed by atoms with Gasteiger partial charge in [-0.25, -0.2) is 9.59 Å². The van der Waals surface area contributed by atoms with Gasteiger partial charge in [-0.1, -0.05) is 31.9 Å². The fraction of sp³-hybridized carbons (Fsp3) is 0.450. The molecule has 0 heterocycles. The first-order valence-electron chi connectivity index (χ1n) is 8.82. The van der Waals surface area contributed by atoms with Crippen LogP contribution in [0, 0.1) is 5.92 Å². The van der Waals surface area contributed by atoms with E-state index in [1.165, 1.54) is 19.6 Å². The average molecular weight is 359 g/mol. The Morgan fingerprint density at radius 2 is 1.85 bits per heavy atom. The maximum Gasteiger partial charge on any atom is 0.337 e. The molecule has 1 aliphatic rings. The predicted octanol–water partition coefficient (Wildman–Crippen LogP) is 2.72. The van der Waals surface area contributed by atoms with Crippen LogP contribution < -0.4 is 5.32 Å². The minimum atomic E-state index is -0.589. The highest BCUT2D eigenvalue weighted by molar-refractivity contribution is 5.91. The third-order valence-corrected chi connectivity index (χ3v) is 4.55. The molecule has 0 aliphatic heterocycles. The van der Waals surface area contributed by atoms with Crippen LogP contribution in [0.25, 0.3) is 6.08 Å². The molecule has 1 amide bonds. The average Bonchev–Trinajstić information content (AvgIpc) is 2.66. The lowest BCUT2D eigenvalue weighted by Crippen LogP contribution is -2.42. The molecule has 6 heteroatoms. The summed E-state index contributed by atoms with van der Waals surface area (Å²) in [7, 11) is 1.32. The van der Waals surface area contributed by atoms with E-state index >= 15 is 0 Å². The van der Waals surface area contributed by atoms with Gasteiger partial charge in [0.15, 0.2) is 6.61 Å². The highest BCUT2D eigenvalue weighted by atomic mass is 16.5. The van der Waals surface area contributed by atoms with Gasteiger partial charge in [0.05, 0.1) is 12.7 Å². The van der Waals surface area contributed by atoms with E-state index in [9.17, 15) is 14.4 Å². The topological polar surface area (TPSA) is 81.7 Å². The fourth-order valence-corrected chi connectivity index (χ4v) is 2.98. The van der Waals surface area contributed by atoms with Crippen LogP contribution in [-0.4, -0.2) is 37.6 Å². The quantitative estimate of drug-likeness (QED) is 0.624. The summed E-state index contributed by atoms with van der Waals surface area (Å²) in [6.45, 7) is 1.85. The Balaban J connectivity index is 1.76. The number of carbonyl (C=O) groups is 3. The fourth-order valence-electron chi connectivity index (χ4n) is 2.98. The van der Waals surface area contributed by atoms with Crippen molar-refractivity contribution in [1.29, 1.82) is 0 Å². The maximum atomic E-state index is 11.9. The largest absolute Gasteiger partial charge is 0.465 e. The summed E-state index contributed by atoms with van der Waals surface area (Å²) < 4.78 is 9.59. The van der Waals surface area contributed by atoms with Gasteiger partial charge in [0.1, 0.15) is 0 Å². The Morgan fingerprint density at radius 1 is 1.15 bits per heavy atom. The van der Waals surface area contributed by atoms with Gasteiger partial charge < -0.3 is 14.8 Å². The van der Waals surface area contributed by atoms with Crippen LogP contribution in [0.2, 0.25) is 0 Å². The molecule has 2 atom stereocenters. The van der Waals surface area contributed by atoms with Gasteiger partial charge in [-0.15, -0.1) is 0 Å². The van der Waals surface area contributed by atoms with E-state index in [1.54, 1.807) is 30.3 Å². The van der Waals surface area contributed by atoms with Crippen molar-refractivity contribution in [2.24, 2.45) is 5.92 Å². The smallest absolute Gasteiger partial charge is 0.337 e. The molecule has 1 fully saturated rings. The van der Waals surface area contributed by atoms with Crippen LogP contribution >= 0.6 is 0 Å². The molecule has 1 aromatic carbocycles. The Morgan fingerprint density at radius 3 is 2.50 bits per heavy atom. The summed E-state index contributed by atoms with van der Waals surface area (Å²) in [5.41, 5.74) is 1.16. The number of methoxy groups -OCH3 is 1. The molecular formula is C20H25NO5. The minimum absolute atomic E-state index is 0.166. The number of carbonyl (C=O) groups excluding carboxylic acids is 3. The molecule has 1 N–H and O–H groups in total. The molecule has 6 nitrogen and oxygen atoms in total. The molecule has 26 heavy (non-hydrogen) atoms. The van der Waals surface area contributed by atoms with Crippen LogP contribution in [0.4, 0.5) is 0 Å². The first-order valence-corrected chi connectivity index (χ1v) is 8.82. The second kappa shape index (κ2) is 9.75. The summed E-state index contributed by atoms with van der Waals surface area (Å²) in [6.07, 6.45) is 7.22. The van der Waals surface area contributed by atoms with Crippen molar-refractivity contribution in [1.82, 2.24) is 5.32 Å². The molecule has 0 saturated heterocycles. The number of hydrogen-bond acceptors (Lipinski definition) is 5. The summed E-state index contributed by atoms with van der Waals surface area (Å²) in [6, 6.07) is 6.75. The van der Waals surface area contributed by atoms with Gasteiger partial charge in [0.25, 0.3) is 5.91 Å². The number of benzene rings is 1. The number of esters is 2. The lowest BCUT2D eigenvalue weighted by Gasteiger charge is -2.29. The van der Waals surface area contributed by atoms with Gasteiger partial charge >= 0.3 is 11.9 Å². The van der Waals surface area contributed by atoms with E-state index in [1.807, 2.05) is 0 Å². The highest BCUT2D eigenvalue weighted by Crippen LogP contribution is 2.23. The van der Waals surface area contributed by atoms with E-state index in [0.29, 0.717) is 11.5 Å². The minimum Gasteiger partial charge on any atom is -0.465 e. The Labute approximate surface area is 153 Å². The van der Waals surface area contributed by atoms with Crippen LogP contribution in [0.15, 0.2) is 30.3 Å². The van der Waals surface area contributed by atoms with Crippen LogP contribution in [0.3, 0.4) is 0 Å². The molecular weight excluding hydrogens is 334 g/mol. The normalized spacial score (nSPS) is 19.8. The number of ether oxygens (including phenoxy) is 2. The van der Waals surface area contributed by atoms with Crippen LogP contribution in [0.5, 0.6) is 0 Å². The van der Waals surface area contributed by atoms with Crippen molar-refractivity contribution in [2.75, 3.05) is 13.7 Å². The maximum absolute atomic E-state index is 11.9. The van der Waals surface area contributed by atoms with E-state index in [4.69, 9.17) is 4.74 Å². The monoisotopic (exact) mass is 359 g/mol. The Bertz CT molecular complexity index is 665. The first kappa shape index (κ1) is 19.7. The molecule has 1 aromatic rings. The summed E-state index contributed by atoms with van der Waals surface area (Å²) >= 11 is 0. The van der Waals surface area contributed by atoms with Crippen molar-refractivity contribution in [3.05, 3.63) is 41.5 Å². The lowest BCUT2D eigenvalue weighted by molar-refractivity contribution is -0.144. The molecule has 140 valence electrons. The SMILES string of the molecule is COC(=O)c1ccc(/C=C/C(=O)OCC(=O)N[C@@H]2CCCC[C@@H]2C)cc1. The standard InChI is InChI=1S/C20H25NO5/c1-14-5-3-4-6-17(14)21-18(22)13-26-19(23)12-9-15-7-10-16(11-8-15)20(24)25-2/h7-12,14,17H,3-6,13H2,1-2H3,(H,21,22)/b12-9+/t14-,17+/m0/s1. The zero-order chi connectivity index (χ0) is 18.9. The highest BCUT2D eigenvalue weighted by Gasteiger charge is 2.22. The third-order valence-electron chi connectivity index (χ3n) is 4.55. The first-order chi connectivity index (χ1) is 12.5. The molecule has 2 rings (SSSR count). The van der Waals surface area contributed by atoms with E-state index in [0.717, 1.165) is 24.8 Å². The van der Waals surface area contributed by atoms with Gasteiger partial charge in [-0.05, 0) is 42.5 Å². The Hall–Kier alpha value is -2.63. The molecule has 0 unspecified atom stereocenters. The van der Waals surface area contributed by atoms with Gasteiger partial charge in [0.2, 0.25) is 0 Å². The third kappa shape index (κ3) is 6.02. The molecule has 0 radical (unpaired) electrons. The van der Waals surface area contributed by atoms with E-state index in [2.05, 4.69) is 17.0 Å². The van der Waals surface area contributed by atoms with E-state index in [-0.39, 0.29) is 18.6 Å². The number of amides is 1. The van der Waals surface area contributed by atoms with Crippen molar-refractivity contribution in [3.63, 3.8) is 0 Å². The zero-order valence-electron chi connectivity index (χ0n) is 15.2. The molecule has 0 aromatic heterocycles. The molecule has 0 spiro atoms. The second-order valence-corrected chi connectivity index (χ2v) is 6.49. The zero-order valence-corrected chi connectivity index (χ0v) is 15.2. The van der Waals surface area contributed by atoms with Crippen molar-refractivity contribution in [3.8, 4) is 0 Å². The van der Waals surface area contributed by atoms with Crippen molar-refractivity contribution >= 4 is 23.9 Å². The number of hydrogen-bond donors (Lipinski definition) is 1. The van der Waals surface area contributed by atoms with Gasteiger partial charge in [-0.3, -0.25) is 4.79 Å². The summed E-state index contributed by atoms with van der Waals surface area (Å²) in [5, 5.41) is 2.94. The molecule has 0 bridgehead atoms. The molecule has 1 aliphatic carbocycles. The summed E-state index contributed by atoms with van der Waals surface area (Å²) in [4.78, 5) is 35.0. The van der Waals surface area contributed by atoms with Crippen LogP contribution in [0.1, 0.15) is 48.5 Å². The number of rotatable bonds is 6. The number of nitrogens with one attached hydrogen (secondary N) is 1. The van der Waals surface area contributed by atoms with Gasteiger partial charge in [0, 0.05) is 12.1 Å².